The van der Waals surface area contributed by atoms with E-state index in [9.17, 15) is 0 Å². The molecule has 0 amide bonds. The van der Waals surface area contributed by atoms with Crippen LogP contribution in [0.4, 0.5) is 5.82 Å². The van der Waals surface area contributed by atoms with Crippen molar-refractivity contribution in [3.63, 3.8) is 0 Å². The smallest absolute Gasteiger partial charge is 0.147 e. The van der Waals surface area contributed by atoms with Crippen molar-refractivity contribution >= 4 is 29.3 Å². The van der Waals surface area contributed by atoms with Crippen LogP contribution in [0.3, 0.4) is 0 Å². The minimum atomic E-state index is 0. The molecule has 90 valence electrons. The number of fused-ring (bicyclic) bond motifs is 1. The molecule has 5 heteroatoms. The van der Waals surface area contributed by atoms with Gasteiger partial charge in [-0.15, -0.1) is 12.4 Å². The first-order chi connectivity index (χ1) is 7.83. The van der Waals surface area contributed by atoms with E-state index in [2.05, 4.69) is 14.9 Å². The van der Waals surface area contributed by atoms with E-state index in [1.165, 1.54) is 0 Å². The number of para-hydroxylation sites is 2. The molecule has 0 bridgehead atoms. The minimum Gasteiger partial charge on any atom is -0.354 e. The van der Waals surface area contributed by atoms with Crippen molar-refractivity contribution in [1.82, 2.24) is 9.97 Å². The normalized spacial score (nSPS) is 19.4. The molecule has 1 aliphatic heterocycles. The maximum absolute atomic E-state index is 5.89. The molecule has 2 heterocycles. The molecule has 0 radical (unpaired) electrons. The Morgan fingerprint density at radius 2 is 2.00 bits per heavy atom. The first kappa shape index (κ1) is 12.1. The van der Waals surface area contributed by atoms with Gasteiger partial charge in [-0.3, -0.25) is 4.98 Å². The monoisotopic (exact) mass is 250 g/mol. The molecule has 2 aromatic rings. The summed E-state index contributed by atoms with van der Waals surface area (Å²) in [5, 5.41) is 0. The molecule has 1 saturated heterocycles. The molecule has 1 atom stereocenters. The van der Waals surface area contributed by atoms with Gasteiger partial charge in [0, 0.05) is 19.1 Å². The maximum atomic E-state index is 5.89. The summed E-state index contributed by atoms with van der Waals surface area (Å²) in [5.74, 6) is 0.937. The summed E-state index contributed by atoms with van der Waals surface area (Å²) < 4.78 is 0. The van der Waals surface area contributed by atoms with Gasteiger partial charge in [0.2, 0.25) is 0 Å². The number of aromatic nitrogens is 2. The van der Waals surface area contributed by atoms with E-state index in [1.54, 1.807) is 0 Å². The van der Waals surface area contributed by atoms with Crippen molar-refractivity contribution in [2.75, 3.05) is 18.0 Å². The highest BCUT2D eigenvalue weighted by Crippen LogP contribution is 2.19. The fourth-order valence-corrected chi connectivity index (χ4v) is 2.10. The summed E-state index contributed by atoms with van der Waals surface area (Å²) in [7, 11) is 0. The third kappa shape index (κ3) is 2.33. The SMILES string of the molecule is Cl.NC1CCN(c2cnc3ccccc3n2)C1. The lowest BCUT2D eigenvalue weighted by Gasteiger charge is -2.16. The number of halogens is 1. The minimum absolute atomic E-state index is 0. The van der Waals surface area contributed by atoms with Gasteiger partial charge < -0.3 is 10.6 Å². The predicted molar refractivity (Wildman–Crippen MR) is 71.6 cm³/mol. The van der Waals surface area contributed by atoms with Crippen LogP contribution in [-0.2, 0) is 0 Å². The zero-order valence-corrected chi connectivity index (χ0v) is 10.2. The molecule has 4 nitrogen and oxygen atoms in total. The summed E-state index contributed by atoms with van der Waals surface area (Å²) in [6.45, 7) is 1.86. The number of hydrogen-bond donors (Lipinski definition) is 1. The summed E-state index contributed by atoms with van der Waals surface area (Å²) in [4.78, 5) is 11.2. The molecule has 0 spiro atoms. The van der Waals surface area contributed by atoms with Gasteiger partial charge in [-0.05, 0) is 18.6 Å². The van der Waals surface area contributed by atoms with E-state index in [-0.39, 0.29) is 18.4 Å². The van der Waals surface area contributed by atoms with E-state index in [4.69, 9.17) is 5.73 Å². The molecule has 1 fully saturated rings. The molecule has 0 aliphatic carbocycles. The first-order valence-electron chi connectivity index (χ1n) is 5.55. The Morgan fingerprint density at radius 3 is 2.71 bits per heavy atom. The van der Waals surface area contributed by atoms with Crippen molar-refractivity contribution < 1.29 is 0 Å². The Morgan fingerprint density at radius 1 is 1.24 bits per heavy atom. The van der Waals surface area contributed by atoms with Gasteiger partial charge in [-0.25, -0.2) is 4.98 Å². The second kappa shape index (κ2) is 4.85. The maximum Gasteiger partial charge on any atom is 0.147 e. The Bertz CT molecular complexity index is 517. The molecule has 0 saturated carbocycles. The fourth-order valence-electron chi connectivity index (χ4n) is 2.10. The molecular formula is C12H15ClN4. The number of nitrogens with two attached hydrogens (primary N) is 1. The average molecular weight is 251 g/mol. The zero-order valence-electron chi connectivity index (χ0n) is 9.41. The van der Waals surface area contributed by atoms with Gasteiger partial charge in [0.1, 0.15) is 5.82 Å². The van der Waals surface area contributed by atoms with Gasteiger partial charge in [0.05, 0.1) is 17.2 Å². The Kier molecular flexibility index (Phi) is 3.45. The number of rotatable bonds is 1. The number of nitrogens with zero attached hydrogens (tertiary/aromatic N) is 3. The second-order valence-electron chi connectivity index (χ2n) is 4.21. The van der Waals surface area contributed by atoms with Crippen molar-refractivity contribution in [1.29, 1.82) is 0 Å². The van der Waals surface area contributed by atoms with E-state index in [0.717, 1.165) is 36.4 Å². The summed E-state index contributed by atoms with van der Waals surface area (Å²) >= 11 is 0. The van der Waals surface area contributed by atoms with Crippen LogP contribution < -0.4 is 10.6 Å². The van der Waals surface area contributed by atoms with Crippen LogP contribution in [0.1, 0.15) is 6.42 Å². The number of hydrogen-bond acceptors (Lipinski definition) is 4. The Balaban J connectivity index is 0.00000108. The average Bonchev–Trinajstić information content (AvgIpc) is 2.75. The van der Waals surface area contributed by atoms with Gasteiger partial charge in [0.25, 0.3) is 0 Å². The van der Waals surface area contributed by atoms with E-state index >= 15 is 0 Å². The first-order valence-corrected chi connectivity index (χ1v) is 5.55. The van der Waals surface area contributed by atoms with Crippen LogP contribution in [-0.4, -0.2) is 29.1 Å². The van der Waals surface area contributed by atoms with Crippen LogP contribution in [0.25, 0.3) is 11.0 Å². The second-order valence-corrected chi connectivity index (χ2v) is 4.21. The summed E-state index contributed by atoms with van der Waals surface area (Å²) in [6.07, 6.45) is 2.87. The van der Waals surface area contributed by atoms with E-state index in [0.29, 0.717) is 0 Å². The molecule has 1 aromatic heterocycles. The topological polar surface area (TPSA) is 55.0 Å². The van der Waals surface area contributed by atoms with Crippen LogP contribution in [0.15, 0.2) is 30.5 Å². The number of benzene rings is 1. The van der Waals surface area contributed by atoms with Gasteiger partial charge in [-0.1, -0.05) is 12.1 Å². The third-order valence-corrected chi connectivity index (χ3v) is 2.98. The molecule has 17 heavy (non-hydrogen) atoms. The van der Waals surface area contributed by atoms with Crippen molar-refractivity contribution in [3.8, 4) is 0 Å². The molecule has 3 rings (SSSR count). The van der Waals surface area contributed by atoms with E-state index in [1.807, 2.05) is 30.5 Å². The van der Waals surface area contributed by atoms with Crippen molar-refractivity contribution in [2.45, 2.75) is 12.5 Å². The lowest BCUT2D eigenvalue weighted by atomic mass is 10.3. The lowest BCUT2D eigenvalue weighted by molar-refractivity contribution is 0.751. The standard InChI is InChI=1S/C12H14N4.ClH/c13-9-5-6-16(8-9)12-7-14-10-3-1-2-4-11(10)15-12;/h1-4,7,9H,5-6,8,13H2;1H. The van der Waals surface area contributed by atoms with E-state index < -0.39 is 0 Å². The molecule has 1 unspecified atom stereocenters. The molecule has 1 aromatic carbocycles. The summed E-state index contributed by atoms with van der Waals surface area (Å²) in [6, 6.07) is 8.19. The fraction of sp³-hybridized carbons (Fsp3) is 0.333. The highest BCUT2D eigenvalue weighted by molar-refractivity contribution is 5.85. The van der Waals surface area contributed by atoms with Gasteiger partial charge in [0.15, 0.2) is 0 Å². The largest absolute Gasteiger partial charge is 0.354 e. The third-order valence-electron chi connectivity index (χ3n) is 2.98. The quantitative estimate of drug-likeness (QED) is 0.835. The van der Waals surface area contributed by atoms with Gasteiger partial charge >= 0.3 is 0 Å². The van der Waals surface area contributed by atoms with Gasteiger partial charge in [-0.2, -0.15) is 0 Å². The predicted octanol–water partition coefficient (Wildman–Crippen LogP) is 1.59. The van der Waals surface area contributed by atoms with Crippen LogP contribution in [0, 0.1) is 0 Å². The van der Waals surface area contributed by atoms with Crippen LogP contribution in [0.5, 0.6) is 0 Å². The molecular weight excluding hydrogens is 236 g/mol. The lowest BCUT2D eigenvalue weighted by Crippen LogP contribution is -2.26. The van der Waals surface area contributed by atoms with Crippen molar-refractivity contribution in [2.24, 2.45) is 5.73 Å². The Hall–Kier alpha value is -1.39. The zero-order chi connectivity index (χ0) is 11.0. The van der Waals surface area contributed by atoms with Crippen LogP contribution >= 0.6 is 12.4 Å². The highest BCUT2D eigenvalue weighted by Gasteiger charge is 2.20. The molecule has 1 aliphatic rings. The van der Waals surface area contributed by atoms with Crippen LogP contribution in [0.2, 0.25) is 0 Å². The Labute approximate surface area is 106 Å². The number of anilines is 1. The van der Waals surface area contributed by atoms with Crippen molar-refractivity contribution in [3.05, 3.63) is 30.5 Å². The molecule has 2 N–H and O–H groups in total. The highest BCUT2D eigenvalue weighted by atomic mass is 35.5. The summed E-state index contributed by atoms with van der Waals surface area (Å²) in [5.41, 5.74) is 7.77.